The lowest BCUT2D eigenvalue weighted by molar-refractivity contribution is 0.483. The van der Waals surface area contributed by atoms with Gasteiger partial charge in [0.25, 0.3) is 10.1 Å². The first kappa shape index (κ1) is 10.7. The monoisotopic (exact) mass is 238 g/mol. The van der Waals surface area contributed by atoms with Crippen LogP contribution in [0.15, 0.2) is 35.2 Å². The van der Waals surface area contributed by atoms with Gasteiger partial charge in [-0.15, -0.1) is 0 Å². The van der Waals surface area contributed by atoms with E-state index in [1.54, 1.807) is 12.1 Å². The Labute approximate surface area is 92.4 Å². The van der Waals surface area contributed by atoms with E-state index < -0.39 is 10.1 Å². The lowest BCUT2D eigenvalue weighted by Crippen LogP contribution is -1.98. The van der Waals surface area contributed by atoms with Crippen molar-refractivity contribution < 1.29 is 13.0 Å². The maximum absolute atomic E-state index is 10.9. The summed E-state index contributed by atoms with van der Waals surface area (Å²) in [5.41, 5.74) is 12.2. The first-order chi connectivity index (χ1) is 7.38. The van der Waals surface area contributed by atoms with E-state index in [2.05, 4.69) is 0 Å². The van der Waals surface area contributed by atoms with E-state index in [1.807, 2.05) is 0 Å². The highest BCUT2D eigenvalue weighted by Crippen LogP contribution is 2.26. The van der Waals surface area contributed by atoms with Crippen LogP contribution >= 0.6 is 0 Å². The van der Waals surface area contributed by atoms with Crippen molar-refractivity contribution in [1.82, 2.24) is 0 Å². The fraction of sp³-hybridized carbons (Fsp3) is 0. The Balaban J connectivity index is 2.82. The quantitative estimate of drug-likeness (QED) is 0.512. The Morgan fingerprint density at radius 1 is 1.06 bits per heavy atom. The fourth-order valence-electron chi connectivity index (χ4n) is 1.55. The average Bonchev–Trinajstić information content (AvgIpc) is 2.15. The molecule has 0 bridgehead atoms. The van der Waals surface area contributed by atoms with Crippen molar-refractivity contribution in [3.05, 3.63) is 30.3 Å². The number of hydrogen-bond donors (Lipinski definition) is 3. The number of benzene rings is 2. The van der Waals surface area contributed by atoms with E-state index in [-0.39, 0.29) is 4.90 Å². The number of hydrogen-bond acceptors (Lipinski definition) is 4. The van der Waals surface area contributed by atoms with E-state index in [0.717, 1.165) is 5.39 Å². The molecule has 0 atom stereocenters. The van der Waals surface area contributed by atoms with Crippen molar-refractivity contribution in [3.63, 3.8) is 0 Å². The van der Waals surface area contributed by atoms with Gasteiger partial charge in [0.2, 0.25) is 0 Å². The predicted octanol–water partition coefficient (Wildman–Crippen LogP) is 1.25. The second-order valence-electron chi connectivity index (χ2n) is 3.47. The van der Waals surface area contributed by atoms with Crippen molar-refractivity contribution in [1.29, 1.82) is 0 Å². The third-order valence-corrected chi connectivity index (χ3v) is 3.13. The van der Waals surface area contributed by atoms with Gasteiger partial charge in [-0.3, -0.25) is 4.55 Å². The van der Waals surface area contributed by atoms with Crippen molar-refractivity contribution in [2.75, 3.05) is 11.5 Å². The first-order valence-electron chi connectivity index (χ1n) is 4.44. The van der Waals surface area contributed by atoms with Crippen LogP contribution in [0.1, 0.15) is 0 Å². The summed E-state index contributed by atoms with van der Waals surface area (Å²) in [6, 6.07) is 7.39. The summed E-state index contributed by atoms with van der Waals surface area (Å²) in [5, 5.41) is 1.27. The van der Waals surface area contributed by atoms with Crippen molar-refractivity contribution in [3.8, 4) is 0 Å². The second kappa shape index (κ2) is 3.36. The summed E-state index contributed by atoms with van der Waals surface area (Å²) in [7, 11) is -4.21. The molecule has 5 N–H and O–H groups in total. The van der Waals surface area contributed by atoms with Gasteiger partial charge in [0, 0.05) is 16.8 Å². The molecule has 0 aliphatic rings. The minimum Gasteiger partial charge on any atom is -0.399 e. The highest BCUT2D eigenvalue weighted by atomic mass is 32.2. The van der Waals surface area contributed by atoms with Crippen LogP contribution in [0.25, 0.3) is 10.8 Å². The van der Waals surface area contributed by atoms with Gasteiger partial charge in [0.1, 0.15) is 0 Å². The number of nitrogen functional groups attached to an aromatic ring is 2. The molecular weight excluding hydrogens is 228 g/mol. The summed E-state index contributed by atoms with van der Waals surface area (Å²) in [5.74, 6) is 0. The largest absolute Gasteiger partial charge is 0.399 e. The minimum absolute atomic E-state index is 0.184. The summed E-state index contributed by atoms with van der Waals surface area (Å²) < 4.78 is 30.8. The lowest BCUT2D eigenvalue weighted by atomic mass is 10.1. The zero-order valence-corrected chi connectivity index (χ0v) is 9.03. The van der Waals surface area contributed by atoms with Gasteiger partial charge in [0.05, 0.1) is 4.90 Å². The molecule has 0 heterocycles. The molecule has 0 amide bonds. The average molecular weight is 238 g/mol. The standard InChI is InChI=1S/C10H10N2O3S/c11-7-3-6-1-2-8(16(13,14)15)5-9(6)10(12)4-7/h1-5H,11-12H2,(H,13,14,15). The number of nitrogens with two attached hydrogens (primary N) is 2. The maximum atomic E-state index is 10.9. The molecule has 2 rings (SSSR count). The third-order valence-electron chi connectivity index (χ3n) is 2.28. The van der Waals surface area contributed by atoms with E-state index in [4.69, 9.17) is 16.0 Å². The molecule has 0 spiro atoms. The number of rotatable bonds is 1. The Kier molecular flexibility index (Phi) is 2.25. The third kappa shape index (κ3) is 1.80. The predicted molar refractivity (Wildman–Crippen MR) is 62.6 cm³/mol. The summed E-state index contributed by atoms with van der Waals surface area (Å²) in [6.45, 7) is 0. The molecule has 2 aromatic rings. The van der Waals surface area contributed by atoms with Crippen LogP contribution in [-0.4, -0.2) is 13.0 Å². The molecule has 0 saturated carbocycles. The van der Waals surface area contributed by atoms with Crippen LogP contribution in [0.3, 0.4) is 0 Å². The molecule has 0 radical (unpaired) electrons. The van der Waals surface area contributed by atoms with E-state index >= 15 is 0 Å². The van der Waals surface area contributed by atoms with Crippen LogP contribution in [0.2, 0.25) is 0 Å². The van der Waals surface area contributed by atoms with Gasteiger partial charge in [-0.25, -0.2) is 0 Å². The van der Waals surface area contributed by atoms with Gasteiger partial charge in [-0.05, 0) is 29.7 Å². The summed E-state index contributed by atoms with van der Waals surface area (Å²) >= 11 is 0. The molecule has 0 aliphatic heterocycles. The summed E-state index contributed by atoms with van der Waals surface area (Å²) in [6.07, 6.45) is 0. The molecule has 0 aromatic heterocycles. The lowest BCUT2D eigenvalue weighted by Gasteiger charge is -2.05. The fourth-order valence-corrected chi connectivity index (χ4v) is 2.06. The first-order valence-corrected chi connectivity index (χ1v) is 5.88. The molecule has 2 aromatic carbocycles. The number of anilines is 2. The van der Waals surface area contributed by atoms with Crippen molar-refractivity contribution >= 4 is 32.3 Å². The van der Waals surface area contributed by atoms with Crippen molar-refractivity contribution in [2.45, 2.75) is 4.90 Å². The van der Waals surface area contributed by atoms with E-state index in [0.29, 0.717) is 16.8 Å². The molecule has 6 heteroatoms. The minimum atomic E-state index is -4.21. The van der Waals surface area contributed by atoms with Gasteiger partial charge < -0.3 is 11.5 Å². The molecule has 0 fully saturated rings. The van der Waals surface area contributed by atoms with E-state index in [1.165, 1.54) is 18.2 Å². The molecule has 16 heavy (non-hydrogen) atoms. The van der Waals surface area contributed by atoms with E-state index in [9.17, 15) is 8.42 Å². The maximum Gasteiger partial charge on any atom is 0.294 e. The van der Waals surface area contributed by atoms with Gasteiger partial charge in [-0.1, -0.05) is 6.07 Å². The Bertz CT molecular complexity index is 665. The van der Waals surface area contributed by atoms with Gasteiger partial charge in [0.15, 0.2) is 0 Å². The molecular formula is C10H10N2O3S. The summed E-state index contributed by atoms with van der Waals surface area (Å²) in [4.78, 5) is -0.184. The van der Waals surface area contributed by atoms with Crippen LogP contribution in [-0.2, 0) is 10.1 Å². The second-order valence-corrected chi connectivity index (χ2v) is 4.89. The van der Waals surface area contributed by atoms with Crippen LogP contribution in [0.5, 0.6) is 0 Å². The molecule has 0 aliphatic carbocycles. The molecule has 0 unspecified atom stereocenters. The van der Waals surface area contributed by atoms with Crippen LogP contribution in [0.4, 0.5) is 11.4 Å². The number of fused-ring (bicyclic) bond motifs is 1. The zero-order chi connectivity index (χ0) is 11.9. The highest BCUT2D eigenvalue weighted by molar-refractivity contribution is 7.85. The normalized spacial score (nSPS) is 11.8. The van der Waals surface area contributed by atoms with Gasteiger partial charge >= 0.3 is 0 Å². The van der Waals surface area contributed by atoms with Crippen LogP contribution < -0.4 is 11.5 Å². The SMILES string of the molecule is Nc1cc(N)c2cc(S(=O)(=O)O)ccc2c1. The van der Waals surface area contributed by atoms with Crippen molar-refractivity contribution in [2.24, 2.45) is 0 Å². The Morgan fingerprint density at radius 3 is 2.38 bits per heavy atom. The topological polar surface area (TPSA) is 106 Å². The molecule has 5 nitrogen and oxygen atoms in total. The van der Waals surface area contributed by atoms with Crippen LogP contribution in [0, 0.1) is 0 Å². The molecule has 84 valence electrons. The Hall–Kier alpha value is -1.79. The smallest absolute Gasteiger partial charge is 0.294 e. The Morgan fingerprint density at radius 2 is 1.75 bits per heavy atom. The zero-order valence-electron chi connectivity index (χ0n) is 8.21. The highest BCUT2D eigenvalue weighted by Gasteiger charge is 2.10. The van der Waals surface area contributed by atoms with Gasteiger partial charge in [-0.2, -0.15) is 8.42 Å². The molecule has 0 saturated heterocycles.